The number of thioether (sulfide) groups is 1. The van der Waals surface area contributed by atoms with E-state index in [4.69, 9.17) is 4.74 Å². The van der Waals surface area contributed by atoms with Gasteiger partial charge in [-0.1, -0.05) is 11.8 Å². The Hall–Kier alpha value is -2.71. The lowest BCUT2D eigenvalue weighted by Crippen LogP contribution is -2.21. The molecule has 8 heteroatoms. The van der Waals surface area contributed by atoms with E-state index in [-0.39, 0.29) is 22.9 Å². The Morgan fingerprint density at radius 3 is 2.27 bits per heavy atom. The van der Waals surface area contributed by atoms with Gasteiger partial charge >= 0.3 is 0 Å². The van der Waals surface area contributed by atoms with Gasteiger partial charge in [-0.05, 0) is 76.5 Å². The van der Waals surface area contributed by atoms with Gasteiger partial charge in [-0.15, -0.1) is 10.2 Å². The van der Waals surface area contributed by atoms with Crippen LogP contribution in [0.3, 0.4) is 0 Å². The standard InChI is InChI=1S/C22H25FN4O2S/c1-14(26(3)4)21-24-25-22(27(21)18-10-8-17(23)9-11-18)30-15(2)20(28)16-6-12-19(29-5)13-7-16/h6-15H,1-5H3/t14-,15-/m1/s1. The molecule has 6 nitrogen and oxygen atoms in total. The average molecular weight is 429 g/mol. The number of halogens is 1. The maximum absolute atomic E-state index is 13.5. The fourth-order valence-electron chi connectivity index (χ4n) is 2.89. The number of hydrogen-bond acceptors (Lipinski definition) is 6. The number of nitrogens with zero attached hydrogens (tertiary/aromatic N) is 4. The molecule has 0 fully saturated rings. The molecule has 0 radical (unpaired) electrons. The summed E-state index contributed by atoms with van der Waals surface area (Å²) in [5.74, 6) is 1.09. The van der Waals surface area contributed by atoms with Gasteiger partial charge < -0.3 is 4.74 Å². The van der Waals surface area contributed by atoms with Crippen molar-refractivity contribution in [2.24, 2.45) is 0 Å². The fraction of sp³-hybridized carbons (Fsp3) is 0.318. The van der Waals surface area contributed by atoms with Crippen molar-refractivity contribution in [3.8, 4) is 11.4 Å². The van der Waals surface area contributed by atoms with Gasteiger partial charge in [0.1, 0.15) is 11.6 Å². The van der Waals surface area contributed by atoms with Gasteiger partial charge in [0.25, 0.3) is 0 Å². The zero-order valence-electron chi connectivity index (χ0n) is 17.7. The third kappa shape index (κ3) is 4.71. The van der Waals surface area contributed by atoms with Crippen molar-refractivity contribution in [3.05, 3.63) is 65.7 Å². The van der Waals surface area contributed by atoms with Gasteiger partial charge in [0.05, 0.1) is 18.4 Å². The second-order valence-corrected chi connectivity index (χ2v) is 8.45. The van der Waals surface area contributed by atoms with Crippen molar-refractivity contribution in [2.45, 2.75) is 30.3 Å². The van der Waals surface area contributed by atoms with Gasteiger partial charge in [0, 0.05) is 11.3 Å². The van der Waals surface area contributed by atoms with Crippen LogP contribution in [0.15, 0.2) is 53.7 Å². The first-order valence-corrected chi connectivity index (χ1v) is 10.4. The number of benzene rings is 2. The molecule has 0 spiro atoms. The minimum Gasteiger partial charge on any atom is -0.497 e. The lowest BCUT2D eigenvalue weighted by atomic mass is 10.1. The molecular weight excluding hydrogens is 403 g/mol. The van der Waals surface area contributed by atoms with Crippen LogP contribution in [-0.2, 0) is 0 Å². The van der Waals surface area contributed by atoms with E-state index in [0.717, 1.165) is 11.5 Å². The summed E-state index contributed by atoms with van der Waals surface area (Å²) in [4.78, 5) is 14.9. The topological polar surface area (TPSA) is 60.2 Å². The summed E-state index contributed by atoms with van der Waals surface area (Å²) in [5.41, 5.74) is 1.35. The minimum absolute atomic E-state index is 0.0153. The van der Waals surface area contributed by atoms with E-state index in [1.165, 1.54) is 23.9 Å². The Bertz CT molecular complexity index is 1000. The summed E-state index contributed by atoms with van der Waals surface area (Å²) in [6, 6.07) is 13.2. The largest absolute Gasteiger partial charge is 0.497 e. The molecule has 0 unspecified atom stereocenters. The van der Waals surface area contributed by atoms with E-state index < -0.39 is 0 Å². The number of aromatic nitrogens is 3. The number of rotatable bonds is 8. The Morgan fingerprint density at radius 2 is 1.70 bits per heavy atom. The molecule has 0 amide bonds. The predicted octanol–water partition coefficient (Wildman–Crippen LogP) is 4.40. The van der Waals surface area contributed by atoms with Crippen LogP contribution >= 0.6 is 11.8 Å². The van der Waals surface area contributed by atoms with Gasteiger partial charge in [0.2, 0.25) is 0 Å². The molecule has 0 saturated heterocycles. The molecular formula is C22H25FN4O2S. The number of Topliss-reactive ketones (excluding diaryl/α,β-unsaturated/α-hetero) is 1. The van der Waals surface area contributed by atoms with Crippen molar-refractivity contribution >= 4 is 17.5 Å². The molecule has 0 bridgehead atoms. The fourth-order valence-corrected chi connectivity index (χ4v) is 3.85. The van der Waals surface area contributed by atoms with Gasteiger partial charge in [-0.2, -0.15) is 0 Å². The second-order valence-electron chi connectivity index (χ2n) is 7.15. The lowest BCUT2D eigenvalue weighted by Gasteiger charge is -2.21. The molecule has 0 aliphatic rings. The van der Waals surface area contributed by atoms with Crippen LogP contribution in [0.1, 0.15) is 36.1 Å². The summed E-state index contributed by atoms with van der Waals surface area (Å²) < 4.78 is 20.5. The monoisotopic (exact) mass is 428 g/mol. The number of carbonyl (C=O) groups excluding carboxylic acids is 1. The van der Waals surface area contributed by atoms with Crippen LogP contribution in [0, 0.1) is 5.82 Å². The van der Waals surface area contributed by atoms with Crippen molar-refractivity contribution in [1.82, 2.24) is 19.7 Å². The van der Waals surface area contributed by atoms with Crippen LogP contribution in [0.5, 0.6) is 5.75 Å². The molecule has 2 aromatic carbocycles. The molecule has 0 N–H and O–H groups in total. The first-order chi connectivity index (χ1) is 14.3. The summed E-state index contributed by atoms with van der Waals surface area (Å²) >= 11 is 1.33. The molecule has 30 heavy (non-hydrogen) atoms. The van der Waals surface area contributed by atoms with E-state index in [9.17, 15) is 9.18 Å². The number of ether oxygens (including phenoxy) is 1. The number of carbonyl (C=O) groups is 1. The lowest BCUT2D eigenvalue weighted by molar-refractivity contribution is 0.0994. The highest BCUT2D eigenvalue weighted by Gasteiger charge is 2.25. The maximum Gasteiger partial charge on any atom is 0.196 e. The molecule has 2 atom stereocenters. The van der Waals surface area contributed by atoms with Crippen LogP contribution in [0.25, 0.3) is 5.69 Å². The Labute approximate surface area is 180 Å². The summed E-state index contributed by atoms with van der Waals surface area (Å²) in [5, 5.41) is 8.92. The normalized spacial score (nSPS) is 13.3. The van der Waals surface area contributed by atoms with Crippen LogP contribution in [0.2, 0.25) is 0 Å². The van der Waals surface area contributed by atoms with Crippen molar-refractivity contribution < 1.29 is 13.9 Å². The quantitative estimate of drug-likeness (QED) is 0.391. The van der Waals surface area contributed by atoms with Crippen LogP contribution < -0.4 is 4.74 Å². The third-order valence-corrected chi connectivity index (χ3v) is 5.96. The van der Waals surface area contributed by atoms with Crippen molar-refractivity contribution in [3.63, 3.8) is 0 Å². The second kappa shape index (κ2) is 9.40. The zero-order valence-corrected chi connectivity index (χ0v) is 18.5. The maximum atomic E-state index is 13.5. The van der Waals surface area contributed by atoms with Crippen molar-refractivity contribution in [1.29, 1.82) is 0 Å². The first kappa shape index (κ1) is 22.0. The average Bonchev–Trinajstić information content (AvgIpc) is 3.16. The highest BCUT2D eigenvalue weighted by atomic mass is 32.2. The number of hydrogen-bond donors (Lipinski definition) is 0. The van der Waals surface area contributed by atoms with Crippen LogP contribution in [0.4, 0.5) is 4.39 Å². The number of methoxy groups -OCH3 is 1. The Kier molecular flexibility index (Phi) is 6.89. The third-order valence-electron chi connectivity index (χ3n) is 4.92. The molecule has 1 aromatic heterocycles. The van der Waals surface area contributed by atoms with Crippen LogP contribution in [-0.4, -0.2) is 51.9 Å². The molecule has 3 aromatic rings. The van der Waals surface area contributed by atoms with E-state index in [1.54, 1.807) is 43.5 Å². The molecule has 158 valence electrons. The zero-order chi connectivity index (χ0) is 21.8. The molecule has 0 saturated carbocycles. The predicted molar refractivity (Wildman–Crippen MR) is 116 cm³/mol. The van der Waals surface area contributed by atoms with Gasteiger partial charge in [0.15, 0.2) is 16.8 Å². The summed E-state index contributed by atoms with van der Waals surface area (Å²) in [6.07, 6.45) is 0. The highest BCUT2D eigenvalue weighted by molar-refractivity contribution is 8.00. The Balaban J connectivity index is 1.92. The molecule has 0 aliphatic heterocycles. The highest BCUT2D eigenvalue weighted by Crippen LogP contribution is 2.30. The molecule has 1 heterocycles. The van der Waals surface area contributed by atoms with Gasteiger partial charge in [-0.3, -0.25) is 14.3 Å². The van der Waals surface area contributed by atoms with E-state index in [1.807, 2.05) is 37.4 Å². The SMILES string of the molecule is COc1ccc(C(=O)[C@@H](C)Sc2nnc([C@@H](C)N(C)C)n2-c2ccc(F)cc2)cc1. The molecule has 0 aliphatic carbocycles. The smallest absolute Gasteiger partial charge is 0.196 e. The van der Waals surface area contributed by atoms with Crippen molar-refractivity contribution in [2.75, 3.05) is 21.2 Å². The summed E-state index contributed by atoms with van der Waals surface area (Å²) in [7, 11) is 5.50. The van der Waals surface area contributed by atoms with E-state index in [2.05, 4.69) is 10.2 Å². The van der Waals surface area contributed by atoms with E-state index >= 15 is 0 Å². The Morgan fingerprint density at radius 1 is 1.07 bits per heavy atom. The van der Waals surface area contributed by atoms with Gasteiger partial charge in [-0.25, -0.2) is 4.39 Å². The minimum atomic E-state index is -0.385. The van der Waals surface area contributed by atoms with E-state index in [0.29, 0.717) is 16.5 Å². The summed E-state index contributed by atoms with van der Waals surface area (Å²) in [6.45, 7) is 3.86. The first-order valence-electron chi connectivity index (χ1n) is 9.54. The number of ketones is 1. The molecule has 3 rings (SSSR count).